The zero-order chi connectivity index (χ0) is 15.3. The highest BCUT2D eigenvalue weighted by molar-refractivity contribution is 5.97. The molecule has 0 aromatic heterocycles. The molecule has 0 saturated carbocycles. The van der Waals surface area contributed by atoms with Crippen LogP contribution in [0.15, 0.2) is 18.2 Å². The maximum Gasteiger partial charge on any atom is 0.255 e. The van der Waals surface area contributed by atoms with Crippen LogP contribution in [0.1, 0.15) is 23.2 Å². The smallest absolute Gasteiger partial charge is 0.255 e. The Labute approximate surface area is 124 Å². The van der Waals surface area contributed by atoms with Crippen LogP contribution >= 0.6 is 0 Å². The van der Waals surface area contributed by atoms with Crippen molar-refractivity contribution in [2.45, 2.75) is 18.4 Å². The number of carbonyl (C=O) groups excluding carboxylic acids is 1. The number of rotatable bonds is 5. The maximum atomic E-state index is 12.5. The number of aliphatic hydroxyl groups is 1. The second kappa shape index (κ2) is 6.78. The van der Waals surface area contributed by atoms with Gasteiger partial charge >= 0.3 is 0 Å². The number of ether oxygens (including phenoxy) is 3. The Morgan fingerprint density at radius 2 is 2.05 bits per heavy atom. The summed E-state index contributed by atoms with van der Waals surface area (Å²) in [6.45, 7) is 0.946. The number of nitrogens with one attached hydrogen (secondary N) is 1. The van der Waals surface area contributed by atoms with E-state index in [4.69, 9.17) is 14.2 Å². The molecule has 1 aromatic rings. The number of hydrogen-bond donors (Lipinski definition) is 2. The van der Waals surface area contributed by atoms with E-state index in [-0.39, 0.29) is 12.5 Å². The van der Waals surface area contributed by atoms with E-state index in [2.05, 4.69) is 5.32 Å². The highest BCUT2D eigenvalue weighted by Gasteiger charge is 2.34. The predicted molar refractivity (Wildman–Crippen MR) is 76.9 cm³/mol. The van der Waals surface area contributed by atoms with Crippen LogP contribution < -0.4 is 14.8 Å². The lowest BCUT2D eigenvalue weighted by Gasteiger charge is -2.36. The maximum absolute atomic E-state index is 12.5. The number of carbonyl (C=O) groups is 1. The van der Waals surface area contributed by atoms with Crippen LogP contribution in [-0.4, -0.2) is 50.6 Å². The summed E-state index contributed by atoms with van der Waals surface area (Å²) in [6, 6.07) is 5.01. The molecule has 21 heavy (non-hydrogen) atoms. The minimum absolute atomic E-state index is 0.111. The monoisotopic (exact) mass is 295 g/mol. The first-order valence-corrected chi connectivity index (χ1v) is 6.87. The van der Waals surface area contributed by atoms with Crippen molar-refractivity contribution >= 4 is 5.91 Å². The molecule has 0 aliphatic carbocycles. The molecule has 2 N–H and O–H groups in total. The molecule has 2 rings (SSSR count). The first-order chi connectivity index (χ1) is 10.1. The van der Waals surface area contributed by atoms with Crippen molar-refractivity contribution in [3.8, 4) is 11.5 Å². The zero-order valence-corrected chi connectivity index (χ0v) is 12.3. The molecule has 1 amide bonds. The van der Waals surface area contributed by atoms with Gasteiger partial charge in [0.05, 0.1) is 31.9 Å². The Balaban J connectivity index is 2.19. The summed E-state index contributed by atoms with van der Waals surface area (Å²) in [7, 11) is 3.05. The minimum Gasteiger partial charge on any atom is -0.497 e. The number of hydrogen-bond acceptors (Lipinski definition) is 5. The topological polar surface area (TPSA) is 77.0 Å². The first kappa shape index (κ1) is 15.6. The average molecular weight is 295 g/mol. The molecule has 1 fully saturated rings. The molecule has 116 valence electrons. The Hall–Kier alpha value is -1.79. The van der Waals surface area contributed by atoms with E-state index < -0.39 is 5.54 Å². The fourth-order valence-electron chi connectivity index (χ4n) is 2.38. The van der Waals surface area contributed by atoms with Gasteiger partial charge in [0.1, 0.15) is 11.5 Å². The van der Waals surface area contributed by atoms with E-state index in [1.54, 1.807) is 25.3 Å². The third-order valence-corrected chi connectivity index (χ3v) is 3.78. The fourth-order valence-corrected chi connectivity index (χ4v) is 2.38. The van der Waals surface area contributed by atoms with Crippen LogP contribution in [0, 0.1) is 0 Å². The molecule has 1 aliphatic heterocycles. The molecule has 1 saturated heterocycles. The van der Waals surface area contributed by atoms with E-state index in [0.717, 1.165) is 0 Å². The first-order valence-electron chi connectivity index (χ1n) is 6.87. The summed E-state index contributed by atoms with van der Waals surface area (Å²) in [4.78, 5) is 12.5. The van der Waals surface area contributed by atoms with Crippen molar-refractivity contribution in [3.05, 3.63) is 23.8 Å². The summed E-state index contributed by atoms with van der Waals surface area (Å²) in [5.74, 6) is 0.781. The van der Waals surface area contributed by atoms with E-state index >= 15 is 0 Å². The highest BCUT2D eigenvalue weighted by Crippen LogP contribution is 2.26. The number of amides is 1. The van der Waals surface area contributed by atoms with Crippen LogP contribution in [0.5, 0.6) is 11.5 Å². The van der Waals surface area contributed by atoms with Crippen molar-refractivity contribution < 1.29 is 24.1 Å². The van der Waals surface area contributed by atoms with Crippen molar-refractivity contribution in [1.82, 2.24) is 5.32 Å². The quantitative estimate of drug-likeness (QED) is 0.846. The molecule has 6 heteroatoms. The van der Waals surface area contributed by atoms with Gasteiger partial charge in [0.15, 0.2) is 0 Å². The molecule has 0 unspecified atom stereocenters. The number of methoxy groups -OCH3 is 2. The van der Waals surface area contributed by atoms with Gasteiger partial charge in [-0.2, -0.15) is 0 Å². The minimum atomic E-state index is -0.625. The summed E-state index contributed by atoms with van der Waals surface area (Å²) in [5.41, 5.74) is -0.210. The van der Waals surface area contributed by atoms with Gasteiger partial charge in [0, 0.05) is 19.3 Å². The van der Waals surface area contributed by atoms with Crippen LogP contribution in [0.25, 0.3) is 0 Å². The Morgan fingerprint density at radius 3 is 2.62 bits per heavy atom. The van der Waals surface area contributed by atoms with Crippen LogP contribution in [0.4, 0.5) is 0 Å². The molecule has 0 spiro atoms. The second-order valence-electron chi connectivity index (χ2n) is 5.07. The van der Waals surface area contributed by atoms with Gasteiger partial charge in [0.25, 0.3) is 5.91 Å². The normalized spacial score (nSPS) is 17.1. The molecule has 0 radical (unpaired) electrons. The zero-order valence-electron chi connectivity index (χ0n) is 12.3. The van der Waals surface area contributed by atoms with Crippen LogP contribution in [0.3, 0.4) is 0 Å². The Kier molecular flexibility index (Phi) is 5.03. The van der Waals surface area contributed by atoms with Crippen LogP contribution in [-0.2, 0) is 4.74 Å². The summed E-state index contributed by atoms with van der Waals surface area (Å²) in [6.07, 6.45) is 1.18. The molecule has 6 nitrogen and oxygen atoms in total. The van der Waals surface area contributed by atoms with Gasteiger partial charge in [-0.05, 0) is 25.0 Å². The van der Waals surface area contributed by atoms with Gasteiger partial charge in [-0.15, -0.1) is 0 Å². The van der Waals surface area contributed by atoms with Crippen molar-refractivity contribution in [2.75, 3.05) is 34.0 Å². The van der Waals surface area contributed by atoms with Gasteiger partial charge in [-0.3, -0.25) is 4.79 Å². The standard InChI is InChI=1S/C15H21NO5/c1-19-11-3-4-12(13(9-11)20-2)14(18)16-15(10-17)5-7-21-8-6-15/h3-4,9,17H,5-8,10H2,1-2H3,(H,16,18). The number of benzene rings is 1. The lowest BCUT2D eigenvalue weighted by Crippen LogP contribution is -2.54. The summed E-state index contributed by atoms with van der Waals surface area (Å²) in [5, 5.41) is 12.5. The van der Waals surface area contributed by atoms with Crippen LogP contribution in [0.2, 0.25) is 0 Å². The SMILES string of the molecule is COc1ccc(C(=O)NC2(CO)CCOCC2)c(OC)c1. The van der Waals surface area contributed by atoms with Gasteiger partial charge < -0.3 is 24.6 Å². The molecular weight excluding hydrogens is 274 g/mol. The van der Waals surface area contributed by atoms with Gasteiger partial charge in [0.2, 0.25) is 0 Å². The molecule has 0 atom stereocenters. The Bertz CT molecular complexity index is 497. The molecule has 1 aliphatic rings. The van der Waals surface area contributed by atoms with E-state index in [1.165, 1.54) is 7.11 Å². The largest absolute Gasteiger partial charge is 0.497 e. The third kappa shape index (κ3) is 3.46. The van der Waals surface area contributed by atoms with Crippen molar-refractivity contribution in [3.63, 3.8) is 0 Å². The van der Waals surface area contributed by atoms with Crippen molar-refractivity contribution in [2.24, 2.45) is 0 Å². The molecular formula is C15H21NO5. The molecule has 0 bridgehead atoms. The summed E-state index contributed by atoms with van der Waals surface area (Å²) < 4.78 is 15.6. The van der Waals surface area contributed by atoms with E-state index in [0.29, 0.717) is 43.1 Å². The Morgan fingerprint density at radius 1 is 1.33 bits per heavy atom. The molecule has 1 aromatic carbocycles. The molecule has 1 heterocycles. The van der Waals surface area contributed by atoms with Gasteiger partial charge in [-0.25, -0.2) is 0 Å². The average Bonchev–Trinajstić information content (AvgIpc) is 2.54. The number of aliphatic hydroxyl groups excluding tert-OH is 1. The van der Waals surface area contributed by atoms with E-state index in [1.807, 2.05) is 0 Å². The highest BCUT2D eigenvalue weighted by atomic mass is 16.5. The third-order valence-electron chi connectivity index (χ3n) is 3.78. The summed E-state index contributed by atoms with van der Waals surface area (Å²) >= 11 is 0. The predicted octanol–water partition coefficient (Wildman–Crippen LogP) is 0.975. The van der Waals surface area contributed by atoms with E-state index in [9.17, 15) is 9.90 Å². The lowest BCUT2D eigenvalue weighted by atomic mass is 9.90. The lowest BCUT2D eigenvalue weighted by molar-refractivity contribution is 0.0125. The van der Waals surface area contributed by atoms with Crippen molar-refractivity contribution in [1.29, 1.82) is 0 Å². The second-order valence-corrected chi connectivity index (χ2v) is 5.07. The van der Waals surface area contributed by atoms with Gasteiger partial charge in [-0.1, -0.05) is 0 Å². The fraction of sp³-hybridized carbons (Fsp3) is 0.533.